The molecule has 0 saturated heterocycles. The third-order valence-corrected chi connectivity index (χ3v) is 3.68. The van der Waals surface area contributed by atoms with E-state index in [1.807, 2.05) is 0 Å². The Morgan fingerprint density at radius 2 is 1.09 bits per heavy atom. The fraction of sp³-hybridized carbons (Fsp3) is 0.409. The van der Waals surface area contributed by atoms with Crippen LogP contribution in [0, 0.1) is 0 Å². The van der Waals surface area contributed by atoms with Crippen molar-refractivity contribution >= 4 is 30.2 Å². The van der Waals surface area contributed by atoms with Crippen molar-refractivity contribution < 1.29 is 48.0 Å². The van der Waals surface area contributed by atoms with Gasteiger partial charge in [0.25, 0.3) is 0 Å². The number of aliphatic hydroxyl groups excluding tert-OH is 1. The van der Waals surface area contributed by atoms with Crippen LogP contribution in [0.25, 0.3) is 0 Å². The molecule has 0 aliphatic heterocycles. The van der Waals surface area contributed by atoms with Crippen molar-refractivity contribution in [3.63, 3.8) is 0 Å². The van der Waals surface area contributed by atoms with E-state index in [1.165, 1.54) is 27.7 Å². The second-order valence-electron chi connectivity index (χ2n) is 7.03. The Morgan fingerprint density at radius 1 is 0.719 bits per heavy atom. The first-order valence-electron chi connectivity index (χ1n) is 9.28. The van der Waals surface area contributed by atoms with Gasteiger partial charge in [0.1, 0.15) is 12.7 Å². The first-order valence-corrected chi connectivity index (χ1v) is 9.28. The van der Waals surface area contributed by atoms with Crippen LogP contribution in [0.2, 0.25) is 0 Å². The molecule has 4 atom stereocenters. The van der Waals surface area contributed by atoms with E-state index >= 15 is 0 Å². The summed E-state index contributed by atoms with van der Waals surface area (Å²) >= 11 is 0. The van der Waals surface area contributed by atoms with Gasteiger partial charge in [-0.25, -0.2) is 19.2 Å². The van der Waals surface area contributed by atoms with Crippen LogP contribution >= 0.6 is 0 Å². The lowest BCUT2D eigenvalue weighted by Crippen LogP contribution is -2.53. The second-order valence-corrected chi connectivity index (χ2v) is 7.03. The van der Waals surface area contributed by atoms with Crippen molar-refractivity contribution in [2.24, 2.45) is 0 Å². The fourth-order valence-electron chi connectivity index (χ4n) is 1.93. The number of rotatable bonds is 13. The van der Waals surface area contributed by atoms with E-state index in [9.17, 15) is 29.1 Å². The standard InChI is InChI=1S/C22H28O10/c1-11(2)19(25)29-10-16(30-20(26)12(3)4)18(32-22(28)14(7)8)17(15(24)9-23)31-21(27)13(5)6/h9,15-18,24H,1,3,5,7,10H2,2,4,6,8H3/t15-,16+,17+,18-/m0/s1. The van der Waals surface area contributed by atoms with Gasteiger partial charge >= 0.3 is 23.9 Å². The lowest BCUT2D eigenvalue weighted by molar-refractivity contribution is -0.194. The van der Waals surface area contributed by atoms with Crippen molar-refractivity contribution in [1.82, 2.24) is 0 Å². The van der Waals surface area contributed by atoms with Crippen LogP contribution in [0.3, 0.4) is 0 Å². The van der Waals surface area contributed by atoms with Crippen LogP contribution < -0.4 is 0 Å². The summed E-state index contributed by atoms with van der Waals surface area (Å²) in [5.41, 5.74) is -0.229. The number of hydrogen-bond acceptors (Lipinski definition) is 10. The van der Waals surface area contributed by atoms with Crippen LogP contribution in [-0.2, 0) is 42.9 Å². The molecule has 176 valence electrons. The molecule has 0 heterocycles. The molecule has 0 fully saturated rings. The predicted octanol–water partition coefficient (Wildman–Crippen LogP) is 1.13. The number of hydrogen-bond donors (Lipinski definition) is 1. The van der Waals surface area contributed by atoms with E-state index in [1.54, 1.807) is 0 Å². The molecule has 0 rings (SSSR count). The quantitative estimate of drug-likeness (QED) is 0.187. The topological polar surface area (TPSA) is 143 Å². The Morgan fingerprint density at radius 3 is 1.47 bits per heavy atom. The van der Waals surface area contributed by atoms with Gasteiger partial charge < -0.3 is 28.8 Å². The second kappa shape index (κ2) is 13.0. The molecule has 10 heteroatoms. The highest BCUT2D eigenvalue weighted by Crippen LogP contribution is 2.20. The SMILES string of the molecule is C=C(C)C(=O)OC[C@@H](OC(=O)C(=C)C)[C@H](OC(=O)C(=C)C)[C@H](OC(=O)C(=C)C)[C@@H](O)C=O. The maximum absolute atomic E-state index is 12.2. The number of carbonyl (C=O) groups excluding carboxylic acids is 5. The lowest BCUT2D eigenvalue weighted by Gasteiger charge is -2.33. The Hall–Kier alpha value is -3.53. The molecule has 0 aromatic heterocycles. The maximum atomic E-state index is 12.2. The summed E-state index contributed by atoms with van der Waals surface area (Å²) in [5.74, 6) is -3.88. The maximum Gasteiger partial charge on any atom is 0.333 e. The van der Waals surface area contributed by atoms with Crippen LogP contribution in [0.15, 0.2) is 48.6 Å². The van der Waals surface area contributed by atoms with Gasteiger partial charge in [-0.2, -0.15) is 0 Å². The average Bonchev–Trinajstić information content (AvgIpc) is 2.71. The summed E-state index contributed by atoms with van der Waals surface area (Å²) in [6.45, 7) is 18.3. The van der Waals surface area contributed by atoms with E-state index < -0.39 is 54.9 Å². The molecule has 0 bridgehead atoms. The molecule has 0 aromatic carbocycles. The van der Waals surface area contributed by atoms with Crippen molar-refractivity contribution in [3.05, 3.63) is 48.6 Å². The van der Waals surface area contributed by atoms with Crippen molar-refractivity contribution in [2.75, 3.05) is 6.61 Å². The van der Waals surface area contributed by atoms with Crippen molar-refractivity contribution in [2.45, 2.75) is 52.1 Å². The fourth-order valence-corrected chi connectivity index (χ4v) is 1.93. The van der Waals surface area contributed by atoms with Gasteiger partial charge in [-0.15, -0.1) is 0 Å². The lowest BCUT2D eigenvalue weighted by atomic mass is 10.0. The summed E-state index contributed by atoms with van der Waals surface area (Å²) in [7, 11) is 0. The molecular weight excluding hydrogens is 424 g/mol. The van der Waals surface area contributed by atoms with Gasteiger partial charge in [0.05, 0.1) is 0 Å². The number of aliphatic hydroxyl groups is 1. The summed E-state index contributed by atoms with van der Waals surface area (Å²) < 4.78 is 20.5. The highest BCUT2D eigenvalue weighted by molar-refractivity contribution is 5.89. The van der Waals surface area contributed by atoms with E-state index in [4.69, 9.17) is 18.9 Å². The molecule has 0 saturated carbocycles. The van der Waals surface area contributed by atoms with Crippen LogP contribution in [0.4, 0.5) is 0 Å². The zero-order valence-electron chi connectivity index (χ0n) is 18.5. The predicted molar refractivity (Wildman–Crippen MR) is 112 cm³/mol. The molecule has 0 aliphatic carbocycles. The molecule has 1 N–H and O–H groups in total. The Labute approximate surface area is 186 Å². The van der Waals surface area contributed by atoms with Gasteiger partial charge in [0, 0.05) is 22.3 Å². The summed E-state index contributed by atoms with van der Waals surface area (Å²) in [6, 6.07) is 0. The zero-order valence-corrected chi connectivity index (χ0v) is 18.5. The Balaban J connectivity index is 6.39. The first-order chi connectivity index (χ1) is 14.7. The summed E-state index contributed by atoms with van der Waals surface area (Å²) in [6.07, 6.45) is -7.25. The molecule has 0 aromatic rings. The minimum atomic E-state index is -2.01. The number of carbonyl (C=O) groups is 5. The van der Waals surface area contributed by atoms with E-state index in [-0.39, 0.29) is 28.6 Å². The first kappa shape index (κ1) is 28.5. The zero-order chi connectivity index (χ0) is 25.2. The highest BCUT2D eigenvalue weighted by atomic mass is 16.6. The highest BCUT2D eigenvalue weighted by Gasteiger charge is 2.43. The van der Waals surface area contributed by atoms with Crippen LogP contribution in [-0.4, -0.2) is 66.3 Å². The van der Waals surface area contributed by atoms with Gasteiger partial charge in [-0.3, -0.25) is 0 Å². The van der Waals surface area contributed by atoms with Gasteiger partial charge in [-0.05, 0) is 27.7 Å². The minimum absolute atomic E-state index is 0.0173. The van der Waals surface area contributed by atoms with Crippen molar-refractivity contribution in [3.8, 4) is 0 Å². The van der Waals surface area contributed by atoms with E-state index in [0.29, 0.717) is 0 Å². The summed E-state index contributed by atoms with van der Waals surface area (Å²) in [5, 5.41) is 10.2. The summed E-state index contributed by atoms with van der Waals surface area (Å²) in [4.78, 5) is 59.6. The van der Waals surface area contributed by atoms with Crippen LogP contribution in [0.1, 0.15) is 27.7 Å². The van der Waals surface area contributed by atoms with Gasteiger partial charge in [0.2, 0.25) is 0 Å². The molecule has 32 heavy (non-hydrogen) atoms. The van der Waals surface area contributed by atoms with Gasteiger partial charge in [-0.1, -0.05) is 26.3 Å². The number of esters is 4. The normalized spacial score (nSPS) is 13.9. The monoisotopic (exact) mass is 452 g/mol. The van der Waals surface area contributed by atoms with Crippen molar-refractivity contribution in [1.29, 1.82) is 0 Å². The molecular formula is C22H28O10. The van der Waals surface area contributed by atoms with Gasteiger partial charge in [0.15, 0.2) is 24.6 Å². The molecule has 0 aliphatic rings. The molecule has 0 radical (unpaired) electrons. The largest absolute Gasteiger partial charge is 0.458 e. The third-order valence-electron chi connectivity index (χ3n) is 3.68. The molecule has 0 unspecified atom stereocenters. The van der Waals surface area contributed by atoms with E-state index in [2.05, 4.69) is 26.3 Å². The molecule has 0 amide bonds. The van der Waals surface area contributed by atoms with E-state index in [0.717, 1.165) is 0 Å². The third kappa shape index (κ3) is 9.09. The average molecular weight is 452 g/mol. The Kier molecular flexibility index (Phi) is 11.6. The minimum Gasteiger partial charge on any atom is -0.458 e. The number of aldehydes is 1. The molecule has 0 spiro atoms. The smallest absolute Gasteiger partial charge is 0.333 e. The molecule has 10 nitrogen and oxygen atoms in total. The number of ether oxygens (including phenoxy) is 4. The Bertz CT molecular complexity index is 823. The van der Waals surface area contributed by atoms with Crippen LogP contribution in [0.5, 0.6) is 0 Å².